The molecule has 0 aliphatic rings. The fourth-order valence-corrected chi connectivity index (χ4v) is 1.50. The lowest BCUT2D eigenvalue weighted by Crippen LogP contribution is -2.15. The van der Waals surface area contributed by atoms with E-state index in [1.54, 1.807) is 12.1 Å². The Bertz CT molecular complexity index is 634. The van der Waals surface area contributed by atoms with Crippen molar-refractivity contribution >= 4 is 27.7 Å². The van der Waals surface area contributed by atoms with Gasteiger partial charge in [0, 0.05) is 11.6 Å². The van der Waals surface area contributed by atoms with Crippen molar-refractivity contribution in [2.75, 3.05) is 5.32 Å². The average molecular weight is 310 g/mol. The second kappa shape index (κ2) is 5.01. The summed E-state index contributed by atoms with van der Waals surface area (Å²) in [7, 11) is 0. The van der Waals surface area contributed by atoms with Gasteiger partial charge in [-0.2, -0.15) is 5.10 Å². The molecule has 0 atom stereocenters. The Hall–Kier alpha value is -2.15. The van der Waals surface area contributed by atoms with Crippen molar-refractivity contribution in [2.24, 2.45) is 0 Å². The SMILES string of the molecule is O=C(Nc1ccc(=O)[nH]n1)c1ccc(Br)c(O)c1. The van der Waals surface area contributed by atoms with E-state index in [2.05, 4.69) is 31.4 Å². The number of rotatable bonds is 2. The van der Waals surface area contributed by atoms with Crippen LogP contribution < -0.4 is 10.9 Å². The number of phenolic OH excluding ortho intramolecular Hbond substituents is 1. The van der Waals surface area contributed by atoms with Gasteiger partial charge in [0.25, 0.3) is 11.5 Å². The van der Waals surface area contributed by atoms with E-state index in [0.717, 1.165) is 0 Å². The third-order valence-corrected chi connectivity index (χ3v) is 2.80. The van der Waals surface area contributed by atoms with Crippen molar-refractivity contribution < 1.29 is 9.90 Å². The van der Waals surface area contributed by atoms with Crippen LogP contribution in [-0.2, 0) is 0 Å². The second-order valence-electron chi connectivity index (χ2n) is 3.43. The Labute approximate surface area is 110 Å². The Morgan fingerprint density at radius 2 is 2.11 bits per heavy atom. The van der Waals surface area contributed by atoms with Gasteiger partial charge < -0.3 is 10.4 Å². The van der Waals surface area contributed by atoms with Gasteiger partial charge in [-0.3, -0.25) is 9.59 Å². The quantitative estimate of drug-likeness (QED) is 0.783. The third-order valence-electron chi connectivity index (χ3n) is 2.13. The molecular weight excluding hydrogens is 302 g/mol. The van der Waals surface area contributed by atoms with Crippen LogP contribution in [0.25, 0.3) is 0 Å². The third kappa shape index (κ3) is 2.75. The number of hydrogen-bond donors (Lipinski definition) is 3. The zero-order valence-electron chi connectivity index (χ0n) is 8.98. The first-order valence-corrected chi connectivity index (χ1v) is 5.71. The molecule has 0 radical (unpaired) electrons. The first-order valence-electron chi connectivity index (χ1n) is 4.92. The first-order chi connectivity index (χ1) is 8.56. The molecule has 0 aliphatic heterocycles. The standard InChI is InChI=1S/C11H8BrN3O3/c12-7-2-1-6(5-8(7)16)11(18)13-9-3-4-10(17)15-14-9/h1-5,16H,(H,15,17)(H,13,14,18). The van der Waals surface area contributed by atoms with E-state index >= 15 is 0 Å². The van der Waals surface area contributed by atoms with E-state index in [4.69, 9.17) is 0 Å². The van der Waals surface area contributed by atoms with Gasteiger partial charge in [-0.15, -0.1) is 0 Å². The van der Waals surface area contributed by atoms with E-state index in [1.165, 1.54) is 18.2 Å². The largest absolute Gasteiger partial charge is 0.507 e. The minimum atomic E-state index is -0.433. The number of aromatic amines is 1. The summed E-state index contributed by atoms with van der Waals surface area (Å²) in [6, 6.07) is 7.07. The highest BCUT2D eigenvalue weighted by molar-refractivity contribution is 9.10. The number of phenols is 1. The van der Waals surface area contributed by atoms with Crippen molar-refractivity contribution in [3.05, 3.63) is 50.7 Å². The molecule has 1 aromatic carbocycles. The summed E-state index contributed by atoms with van der Waals surface area (Å²) in [5, 5.41) is 17.8. The lowest BCUT2D eigenvalue weighted by Gasteiger charge is -2.04. The molecule has 0 bridgehead atoms. The van der Waals surface area contributed by atoms with Crippen LogP contribution in [0.15, 0.2) is 39.6 Å². The maximum atomic E-state index is 11.8. The molecule has 2 rings (SSSR count). The van der Waals surface area contributed by atoms with Crippen LogP contribution in [0.2, 0.25) is 0 Å². The number of H-pyrrole nitrogens is 1. The van der Waals surface area contributed by atoms with Gasteiger partial charge >= 0.3 is 0 Å². The molecule has 6 nitrogen and oxygen atoms in total. The van der Waals surface area contributed by atoms with Crippen molar-refractivity contribution in [2.45, 2.75) is 0 Å². The maximum absolute atomic E-state index is 11.8. The van der Waals surface area contributed by atoms with Gasteiger partial charge in [-0.25, -0.2) is 5.10 Å². The number of halogens is 1. The fraction of sp³-hybridized carbons (Fsp3) is 0. The van der Waals surface area contributed by atoms with Gasteiger partial charge in [0.05, 0.1) is 4.47 Å². The predicted molar refractivity (Wildman–Crippen MR) is 68.6 cm³/mol. The summed E-state index contributed by atoms with van der Waals surface area (Å²) in [6.45, 7) is 0. The lowest BCUT2D eigenvalue weighted by atomic mass is 10.2. The fourth-order valence-electron chi connectivity index (χ4n) is 1.26. The molecular formula is C11H8BrN3O3. The molecule has 0 saturated heterocycles. The van der Waals surface area contributed by atoms with E-state index in [0.29, 0.717) is 4.47 Å². The van der Waals surface area contributed by atoms with Crippen LogP contribution in [-0.4, -0.2) is 21.2 Å². The Morgan fingerprint density at radius 1 is 1.33 bits per heavy atom. The number of nitrogens with one attached hydrogen (secondary N) is 2. The molecule has 18 heavy (non-hydrogen) atoms. The van der Waals surface area contributed by atoms with E-state index in [9.17, 15) is 14.7 Å². The van der Waals surface area contributed by atoms with E-state index in [1.807, 2.05) is 0 Å². The molecule has 3 N–H and O–H groups in total. The van der Waals surface area contributed by atoms with Gasteiger partial charge in [0.15, 0.2) is 5.82 Å². The number of amides is 1. The van der Waals surface area contributed by atoms with Crippen LogP contribution in [0, 0.1) is 0 Å². The second-order valence-corrected chi connectivity index (χ2v) is 4.28. The number of nitrogens with zero attached hydrogens (tertiary/aromatic N) is 1. The van der Waals surface area contributed by atoms with E-state index < -0.39 is 5.91 Å². The minimum Gasteiger partial charge on any atom is -0.507 e. The number of aromatic nitrogens is 2. The number of anilines is 1. The average Bonchev–Trinajstić information content (AvgIpc) is 2.35. The topological polar surface area (TPSA) is 95.1 Å². The summed E-state index contributed by atoms with van der Waals surface area (Å²) >= 11 is 3.12. The molecule has 7 heteroatoms. The molecule has 0 spiro atoms. The molecule has 1 amide bonds. The van der Waals surface area contributed by atoms with Crippen LogP contribution in [0.3, 0.4) is 0 Å². The monoisotopic (exact) mass is 309 g/mol. The van der Waals surface area contributed by atoms with Crippen molar-refractivity contribution in [3.8, 4) is 5.75 Å². The smallest absolute Gasteiger partial charge is 0.264 e. The molecule has 92 valence electrons. The first kappa shape index (κ1) is 12.3. The highest BCUT2D eigenvalue weighted by atomic mass is 79.9. The van der Waals surface area contributed by atoms with Crippen molar-refractivity contribution in [1.29, 1.82) is 0 Å². The Kier molecular flexibility index (Phi) is 3.42. The molecule has 2 aromatic rings. The van der Waals surface area contributed by atoms with Gasteiger partial charge in [0.1, 0.15) is 5.75 Å². The number of carbonyl (C=O) groups excluding carboxylic acids is 1. The van der Waals surface area contributed by atoms with Crippen molar-refractivity contribution in [3.63, 3.8) is 0 Å². The van der Waals surface area contributed by atoms with Crippen LogP contribution in [0.4, 0.5) is 5.82 Å². The molecule has 0 unspecified atom stereocenters. The van der Waals surface area contributed by atoms with Gasteiger partial charge in [0.2, 0.25) is 0 Å². The summed E-state index contributed by atoms with van der Waals surface area (Å²) < 4.78 is 0.501. The van der Waals surface area contributed by atoms with Crippen LogP contribution >= 0.6 is 15.9 Å². The lowest BCUT2D eigenvalue weighted by molar-refractivity contribution is 0.102. The van der Waals surface area contributed by atoms with Gasteiger partial charge in [-0.05, 0) is 40.2 Å². The summed E-state index contributed by atoms with van der Waals surface area (Å²) in [6.07, 6.45) is 0. The van der Waals surface area contributed by atoms with E-state index in [-0.39, 0.29) is 22.7 Å². The molecule has 1 heterocycles. The summed E-state index contributed by atoms with van der Waals surface area (Å²) in [5.41, 5.74) is -0.0713. The van der Waals surface area contributed by atoms with Crippen LogP contribution in [0.1, 0.15) is 10.4 Å². The van der Waals surface area contributed by atoms with Crippen LogP contribution in [0.5, 0.6) is 5.75 Å². The predicted octanol–water partition coefficient (Wildman–Crippen LogP) is 1.49. The number of aromatic hydroxyl groups is 1. The maximum Gasteiger partial charge on any atom is 0.264 e. The highest BCUT2D eigenvalue weighted by Crippen LogP contribution is 2.24. The number of carbonyl (C=O) groups is 1. The minimum absolute atomic E-state index is 0.0305. The summed E-state index contributed by atoms with van der Waals surface area (Å²) in [4.78, 5) is 22.6. The molecule has 1 aromatic heterocycles. The number of benzene rings is 1. The normalized spacial score (nSPS) is 10.1. The highest BCUT2D eigenvalue weighted by Gasteiger charge is 2.09. The Morgan fingerprint density at radius 3 is 2.72 bits per heavy atom. The van der Waals surface area contributed by atoms with Gasteiger partial charge in [-0.1, -0.05) is 0 Å². The molecule has 0 fully saturated rings. The zero-order chi connectivity index (χ0) is 13.1. The zero-order valence-corrected chi connectivity index (χ0v) is 10.6. The number of hydrogen-bond acceptors (Lipinski definition) is 4. The summed E-state index contributed by atoms with van der Waals surface area (Å²) in [5.74, 6) is -0.239. The Balaban J connectivity index is 2.19. The van der Waals surface area contributed by atoms with Crippen molar-refractivity contribution in [1.82, 2.24) is 10.2 Å². The molecule has 0 aliphatic carbocycles. The molecule has 0 saturated carbocycles.